The number of carbonyl (C=O) groups is 4. The van der Waals surface area contributed by atoms with Crippen LogP contribution < -0.4 is 5.32 Å². The largest absolute Gasteiger partial charge is 0.445 e. The van der Waals surface area contributed by atoms with Gasteiger partial charge in [-0.05, 0) is 30.9 Å². The first-order chi connectivity index (χ1) is 17.3. The van der Waals surface area contributed by atoms with Gasteiger partial charge in [0.2, 0.25) is 0 Å². The van der Waals surface area contributed by atoms with Gasteiger partial charge in [0.1, 0.15) is 24.8 Å². The van der Waals surface area contributed by atoms with E-state index in [-0.39, 0.29) is 19.8 Å². The normalized spacial score (nSPS) is 20.4. The van der Waals surface area contributed by atoms with Crippen LogP contribution in [0.15, 0.2) is 60.7 Å². The number of likely N-dealkylation sites (tertiary alicyclic amines) is 2. The number of amides is 4. The molecule has 2 aromatic rings. The molecular formula is C26H29N3O7. The number of hydrogen-bond donors (Lipinski definition) is 2. The highest BCUT2D eigenvalue weighted by molar-refractivity contribution is 6.09. The molecule has 3 atom stereocenters. The molecule has 0 saturated carbocycles. The van der Waals surface area contributed by atoms with Gasteiger partial charge in [-0.1, -0.05) is 60.7 Å². The van der Waals surface area contributed by atoms with Crippen LogP contribution >= 0.6 is 0 Å². The molecule has 4 amide bonds. The van der Waals surface area contributed by atoms with E-state index in [0.29, 0.717) is 19.4 Å². The van der Waals surface area contributed by atoms with Crippen LogP contribution in [0.5, 0.6) is 0 Å². The molecule has 2 N–H and O–H groups in total. The maximum Gasteiger partial charge on any atom is 0.411 e. The van der Waals surface area contributed by atoms with E-state index in [1.807, 2.05) is 36.4 Å². The Morgan fingerprint density at radius 2 is 1.58 bits per heavy atom. The smallest absolute Gasteiger partial charge is 0.411 e. The third-order valence-corrected chi connectivity index (χ3v) is 6.48. The van der Waals surface area contributed by atoms with Crippen molar-refractivity contribution in [3.8, 4) is 0 Å². The van der Waals surface area contributed by atoms with E-state index in [4.69, 9.17) is 9.47 Å². The predicted molar refractivity (Wildman–Crippen MR) is 127 cm³/mol. The van der Waals surface area contributed by atoms with Gasteiger partial charge in [0.15, 0.2) is 0 Å². The Kier molecular flexibility index (Phi) is 7.54. The number of ether oxygens (including phenoxy) is 2. The van der Waals surface area contributed by atoms with Crippen LogP contribution in [-0.4, -0.2) is 69.7 Å². The highest BCUT2D eigenvalue weighted by Crippen LogP contribution is 2.39. The average Bonchev–Trinajstić information content (AvgIpc) is 3.35. The van der Waals surface area contributed by atoms with Crippen molar-refractivity contribution in [1.29, 1.82) is 0 Å². The monoisotopic (exact) mass is 495 g/mol. The molecule has 1 spiro atoms. The van der Waals surface area contributed by atoms with Crippen molar-refractivity contribution < 1.29 is 33.8 Å². The maximum atomic E-state index is 13.2. The number of hydrogen-bond acceptors (Lipinski definition) is 7. The quantitative estimate of drug-likeness (QED) is 0.564. The zero-order chi connectivity index (χ0) is 25.7. The first kappa shape index (κ1) is 25.2. The summed E-state index contributed by atoms with van der Waals surface area (Å²) in [4.78, 5) is 53.6. The van der Waals surface area contributed by atoms with E-state index in [2.05, 4.69) is 5.32 Å². The number of nitrogens with zero attached hydrogens (tertiary/aromatic N) is 2. The van der Waals surface area contributed by atoms with E-state index in [1.165, 1.54) is 11.8 Å². The van der Waals surface area contributed by atoms with Gasteiger partial charge >= 0.3 is 12.2 Å². The molecule has 4 rings (SSSR count). The number of nitrogens with one attached hydrogen (secondary N) is 1. The number of aliphatic hydroxyl groups excluding tert-OH is 1. The number of rotatable bonds is 7. The fourth-order valence-electron chi connectivity index (χ4n) is 4.52. The number of benzene rings is 2. The predicted octanol–water partition coefficient (Wildman–Crippen LogP) is 2.20. The number of alkyl carbamates (subject to hydrolysis) is 1. The summed E-state index contributed by atoms with van der Waals surface area (Å²) in [5, 5.41) is 12.5. The van der Waals surface area contributed by atoms with Gasteiger partial charge in [-0.25, -0.2) is 9.59 Å². The standard InChI is InChI=1S/C26H29N3O7/c1-18(30)21(27-24(33)35-15-19-9-4-2-5-10-19)22(31)28-17-26(23(28)32)13-8-14-29(26)25(34)36-16-20-11-6-3-7-12-20/h2-7,9-12,18,21,30H,8,13-17H2,1H3,(H,27,33). The van der Waals surface area contributed by atoms with Gasteiger partial charge in [0.05, 0.1) is 12.6 Å². The van der Waals surface area contributed by atoms with E-state index in [0.717, 1.165) is 16.0 Å². The third-order valence-electron chi connectivity index (χ3n) is 6.48. The molecule has 10 nitrogen and oxygen atoms in total. The Bertz CT molecular complexity index is 1100. The fourth-order valence-corrected chi connectivity index (χ4v) is 4.52. The van der Waals surface area contributed by atoms with Gasteiger partial charge in [-0.15, -0.1) is 0 Å². The highest BCUT2D eigenvalue weighted by atomic mass is 16.6. The summed E-state index contributed by atoms with van der Waals surface area (Å²) >= 11 is 0. The van der Waals surface area contributed by atoms with E-state index in [9.17, 15) is 24.3 Å². The molecular weight excluding hydrogens is 466 g/mol. The van der Waals surface area contributed by atoms with Crippen LogP contribution in [0.2, 0.25) is 0 Å². The lowest BCUT2D eigenvalue weighted by Crippen LogP contribution is -2.76. The summed E-state index contributed by atoms with van der Waals surface area (Å²) in [6, 6.07) is 16.8. The summed E-state index contributed by atoms with van der Waals surface area (Å²) in [5.41, 5.74) is 0.425. The van der Waals surface area contributed by atoms with Crippen molar-refractivity contribution in [2.24, 2.45) is 0 Å². The Hall–Kier alpha value is -3.92. The van der Waals surface area contributed by atoms with Crippen LogP contribution in [0.3, 0.4) is 0 Å². The van der Waals surface area contributed by atoms with Crippen LogP contribution in [-0.2, 0) is 32.3 Å². The molecule has 0 bridgehead atoms. The molecule has 2 saturated heterocycles. The molecule has 0 aromatic heterocycles. The van der Waals surface area contributed by atoms with Crippen molar-refractivity contribution in [3.05, 3.63) is 71.8 Å². The Morgan fingerprint density at radius 1 is 1.00 bits per heavy atom. The second-order valence-electron chi connectivity index (χ2n) is 8.98. The molecule has 2 heterocycles. The molecule has 0 radical (unpaired) electrons. The summed E-state index contributed by atoms with van der Waals surface area (Å²) in [6.45, 7) is 1.70. The fraction of sp³-hybridized carbons (Fsp3) is 0.385. The van der Waals surface area contributed by atoms with Crippen LogP contribution in [0.4, 0.5) is 9.59 Å². The maximum absolute atomic E-state index is 13.2. The van der Waals surface area contributed by atoms with Crippen molar-refractivity contribution in [3.63, 3.8) is 0 Å². The van der Waals surface area contributed by atoms with Gasteiger partial charge in [-0.2, -0.15) is 0 Å². The second kappa shape index (κ2) is 10.8. The van der Waals surface area contributed by atoms with E-state index >= 15 is 0 Å². The van der Waals surface area contributed by atoms with Crippen LogP contribution in [0.25, 0.3) is 0 Å². The minimum absolute atomic E-state index is 0.0147. The van der Waals surface area contributed by atoms with Crippen molar-refractivity contribution >= 4 is 24.0 Å². The Morgan fingerprint density at radius 3 is 2.14 bits per heavy atom. The van der Waals surface area contributed by atoms with Gasteiger partial charge in [-0.3, -0.25) is 19.4 Å². The summed E-state index contributed by atoms with van der Waals surface area (Å²) in [5.74, 6) is -1.31. The zero-order valence-electron chi connectivity index (χ0n) is 20.0. The number of imide groups is 1. The first-order valence-corrected chi connectivity index (χ1v) is 11.8. The molecule has 10 heteroatoms. The van der Waals surface area contributed by atoms with Crippen molar-refractivity contribution in [2.75, 3.05) is 13.1 Å². The SMILES string of the molecule is CC(O)C(NC(=O)OCc1ccccc1)C(=O)N1CC2(CCCN2C(=O)OCc2ccccc2)C1=O. The molecule has 2 aliphatic rings. The molecule has 3 unspecified atom stereocenters. The second-order valence-corrected chi connectivity index (χ2v) is 8.98. The summed E-state index contributed by atoms with van der Waals surface area (Å²) in [6.07, 6.45) is -1.79. The first-order valence-electron chi connectivity index (χ1n) is 11.8. The minimum Gasteiger partial charge on any atom is -0.445 e. The number of β-lactam (4-membered cyclic amide) rings is 1. The average molecular weight is 496 g/mol. The van der Waals surface area contributed by atoms with Gasteiger partial charge in [0, 0.05) is 6.54 Å². The number of carbonyl (C=O) groups excluding carboxylic acids is 4. The lowest BCUT2D eigenvalue weighted by molar-refractivity contribution is -0.170. The summed E-state index contributed by atoms with van der Waals surface area (Å²) in [7, 11) is 0. The van der Waals surface area contributed by atoms with E-state index < -0.39 is 41.7 Å². The molecule has 190 valence electrons. The Balaban J connectivity index is 1.35. The Labute approximate surface area is 208 Å². The van der Waals surface area contributed by atoms with Crippen molar-refractivity contribution in [1.82, 2.24) is 15.1 Å². The van der Waals surface area contributed by atoms with Crippen LogP contribution in [0, 0.1) is 0 Å². The lowest BCUT2D eigenvalue weighted by atomic mass is 9.85. The molecule has 0 aliphatic carbocycles. The lowest BCUT2D eigenvalue weighted by Gasteiger charge is -2.50. The van der Waals surface area contributed by atoms with Crippen LogP contribution in [0.1, 0.15) is 30.9 Å². The zero-order valence-corrected chi connectivity index (χ0v) is 20.0. The third kappa shape index (κ3) is 5.18. The molecule has 2 aliphatic heterocycles. The molecule has 2 fully saturated rings. The highest BCUT2D eigenvalue weighted by Gasteiger charge is 2.62. The molecule has 36 heavy (non-hydrogen) atoms. The number of aliphatic hydroxyl groups is 1. The minimum atomic E-state index is -1.38. The summed E-state index contributed by atoms with van der Waals surface area (Å²) < 4.78 is 10.5. The molecule has 2 aromatic carbocycles. The topological polar surface area (TPSA) is 125 Å². The van der Waals surface area contributed by atoms with Crippen molar-refractivity contribution in [2.45, 2.75) is 50.7 Å². The van der Waals surface area contributed by atoms with Gasteiger partial charge < -0.3 is 19.9 Å². The van der Waals surface area contributed by atoms with E-state index in [1.54, 1.807) is 24.3 Å². The van der Waals surface area contributed by atoms with Gasteiger partial charge in [0.25, 0.3) is 11.8 Å².